The van der Waals surface area contributed by atoms with Gasteiger partial charge in [-0.3, -0.25) is 0 Å². The van der Waals surface area contributed by atoms with Crippen LogP contribution in [0, 0.1) is 56.7 Å². The van der Waals surface area contributed by atoms with Gasteiger partial charge in [0.1, 0.15) is 0 Å². The first-order chi connectivity index (χ1) is 16.5. The molecule has 0 saturated heterocycles. The number of hydrogen-bond donors (Lipinski definition) is 3. The first kappa shape index (κ1) is 26.2. The zero-order chi connectivity index (χ0) is 25.4. The zero-order valence-corrected chi connectivity index (χ0v) is 23.1. The number of hydrogen-bond acceptors (Lipinski definition) is 4. The van der Waals surface area contributed by atoms with Gasteiger partial charge in [0.05, 0.1) is 25.9 Å². The largest absolute Gasteiger partial charge is 0.396 e. The van der Waals surface area contributed by atoms with Crippen molar-refractivity contribution < 1.29 is 20.1 Å². The van der Waals surface area contributed by atoms with E-state index in [0.29, 0.717) is 29.6 Å². The summed E-state index contributed by atoms with van der Waals surface area (Å²) in [6, 6.07) is 0. The first-order valence-corrected chi connectivity index (χ1v) is 14.5. The van der Waals surface area contributed by atoms with Gasteiger partial charge < -0.3 is 20.1 Å². The zero-order valence-electron chi connectivity index (χ0n) is 23.1. The van der Waals surface area contributed by atoms with Crippen LogP contribution in [0.25, 0.3) is 0 Å². The van der Waals surface area contributed by atoms with E-state index in [-0.39, 0.29) is 40.3 Å². The van der Waals surface area contributed by atoms with Crippen molar-refractivity contribution in [2.75, 3.05) is 26.9 Å². The molecule has 0 heterocycles. The van der Waals surface area contributed by atoms with Crippen LogP contribution in [0.4, 0.5) is 0 Å². The Morgan fingerprint density at radius 1 is 0.857 bits per heavy atom. The van der Waals surface area contributed by atoms with Crippen LogP contribution in [0.3, 0.4) is 0 Å². The van der Waals surface area contributed by atoms with E-state index >= 15 is 0 Å². The van der Waals surface area contributed by atoms with Gasteiger partial charge in [0.25, 0.3) is 0 Å². The number of aliphatic hydroxyl groups is 3. The summed E-state index contributed by atoms with van der Waals surface area (Å²) in [6.45, 7) is 15.3. The molecule has 0 bridgehead atoms. The number of aliphatic hydroxyl groups excluding tert-OH is 3. The molecule has 0 spiro atoms. The Bertz CT molecular complexity index is 842. The minimum absolute atomic E-state index is 0.0876. The van der Waals surface area contributed by atoms with Crippen molar-refractivity contribution in [2.45, 2.75) is 98.0 Å². The maximum Gasteiger partial charge on any atom is 0.0641 e. The number of rotatable bonds is 5. The van der Waals surface area contributed by atoms with Gasteiger partial charge in [-0.05, 0) is 121 Å². The van der Waals surface area contributed by atoms with Crippen molar-refractivity contribution in [2.24, 2.45) is 56.7 Å². The molecule has 0 aromatic carbocycles. The molecule has 5 aliphatic rings. The highest BCUT2D eigenvalue weighted by atomic mass is 16.5. The summed E-state index contributed by atoms with van der Waals surface area (Å²) in [7, 11) is 1.86. The summed E-state index contributed by atoms with van der Waals surface area (Å²) in [5.41, 5.74) is 1.57. The lowest BCUT2D eigenvalue weighted by atomic mass is 9.32. The third-order valence-electron chi connectivity index (χ3n) is 13.9. The molecule has 5 rings (SSSR count). The van der Waals surface area contributed by atoms with Gasteiger partial charge in [-0.15, -0.1) is 0 Å². The van der Waals surface area contributed by atoms with Crippen LogP contribution < -0.4 is 0 Å². The van der Waals surface area contributed by atoms with Crippen molar-refractivity contribution in [3.05, 3.63) is 12.2 Å². The van der Waals surface area contributed by atoms with Gasteiger partial charge in [0.15, 0.2) is 0 Å². The molecule has 0 aromatic rings. The van der Waals surface area contributed by atoms with Crippen molar-refractivity contribution in [3.63, 3.8) is 0 Å². The van der Waals surface area contributed by atoms with Gasteiger partial charge in [-0.1, -0.05) is 34.3 Å². The summed E-state index contributed by atoms with van der Waals surface area (Å²) in [5.74, 6) is 2.62. The molecule has 5 fully saturated rings. The van der Waals surface area contributed by atoms with Gasteiger partial charge >= 0.3 is 0 Å². The molecule has 0 radical (unpaired) electrons. The molecule has 11 atom stereocenters. The molecule has 2 unspecified atom stereocenters. The van der Waals surface area contributed by atoms with E-state index in [9.17, 15) is 15.3 Å². The lowest BCUT2D eigenvalue weighted by molar-refractivity contribution is -0.255. The molecule has 4 nitrogen and oxygen atoms in total. The highest BCUT2D eigenvalue weighted by Gasteiger charge is 2.71. The van der Waals surface area contributed by atoms with Crippen LogP contribution in [0.2, 0.25) is 0 Å². The molecule has 35 heavy (non-hydrogen) atoms. The maximum atomic E-state index is 11.0. The van der Waals surface area contributed by atoms with Gasteiger partial charge in [-0.25, -0.2) is 0 Å². The number of ether oxygens (including phenoxy) is 1. The fraction of sp³-hybridized carbons (Fsp3) is 0.935. The maximum absolute atomic E-state index is 11.0. The average molecular weight is 489 g/mol. The topological polar surface area (TPSA) is 69.9 Å². The molecule has 3 N–H and O–H groups in total. The summed E-state index contributed by atoms with van der Waals surface area (Å²) in [6.07, 6.45) is 11.2. The smallest absolute Gasteiger partial charge is 0.0641 e. The standard InChI is InChI=1S/C31H52O4/c1-20(17-32)21-9-14-31(19-35-6)16-15-29(4)22(26(21)31)7-8-24-27(2)12-11-25(34)28(3,18-33)23(27)10-13-30(24,29)5/h21-26,32-34H,1,7-19H2,2-6H3/t21-,22+,23+,24+,25?,26+,27-,28?,29+,30+,31+/m0/s1. The Balaban J connectivity index is 1.54. The number of fused-ring (bicyclic) bond motifs is 7. The van der Waals surface area contributed by atoms with E-state index in [1.54, 1.807) is 0 Å². The van der Waals surface area contributed by atoms with E-state index in [4.69, 9.17) is 4.74 Å². The summed E-state index contributed by atoms with van der Waals surface area (Å²) >= 11 is 0. The minimum Gasteiger partial charge on any atom is -0.396 e. The highest BCUT2D eigenvalue weighted by molar-refractivity contribution is 5.22. The minimum atomic E-state index is -0.394. The Morgan fingerprint density at radius 2 is 1.60 bits per heavy atom. The molecule has 0 aliphatic heterocycles. The van der Waals surface area contributed by atoms with Crippen molar-refractivity contribution in [3.8, 4) is 0 Å². The first-order valence-electron chi connectivity index (χ1n) is 14.5. The SMILES string of the molecule is C=C(CO)[C@@H]1CC[C@]2(COC)CC[C@]3(C)[C@H](CC[C@@H]4[C@@]5(C)CCC(O)C(C)(CO)[C@@H]5CC[C@]43C)[C@@H]12. The molecule has 4 heteroatoms. The van der Waals surface area contributed by atoms with E-state index < -0.39 is 6.10 Å². The van der Waals surface area contributed by atoms with Crippen LogP contribution in [-0.2, 0) is 4.74 Å². The molecule has 5 saturated carbocycles. The Kier molecular flexibility index (Phi) is 6.40. The fourth-order valence-corrected chi connectivity index (χ4v) is 11.9. The van der Waals surface area contributed by atoms with E-state index in [2.05, 4.69) is 34.3 Å². The normalized spacial score (nSPS) is 55.4. The van der Waals surface area contributed by atoms with Gasteiger partial charge in [0.2, 0.25) is 0 Å². The molecule has 200 valence electrons. The van der Waals surface area contributed by atoms with Crippen molar-refractivity contribution >= 4 is 0 Å². The molecular formula is C31H52O4. The molecular weight excluding hydrogens is 436 g/mol. The second kappa shape index (κ2) is 8.55. The van der Waals surface area contributed by atoms with Crippen LogP contribution in [-0.4, -0.2) is 48.4 Å². The second-order valence-corrected chi connectivity index (χ2v) is 14.7. The predicted molar refractivity (Wildman–Crippen MR) is 140 cm³/mol. The highest BCUT2D eigenvalue weighted by Crippen LogP contribution is 2.77. The lowest BCUT2D eigenvalue weighted by Crippen LogP contribution is -2.67. The fourth-order valence-electron chi connectivity index (χ4n) is 11.9. The van der Waals surface area contributed by atoms with Crippen molar-refractivity contribution in [1.29, 1.82) is 0 Å². The van der Waals surface area contributed by atoms with Crippen LogP contribution in [0.15, 0.2) is 12.2 Å². The lowest BCUT2D eigenvalue weighted by Gasteiger charge is -2.73. The van der Waals surface area contributed by atoms with Gasteiger partial charge in [0, 0.05) is 12.5 Å². The van der Waals surface area contributed by atoms with Crippen LogP contribution >= 0.6 is 0 Å². The Labute approximate surface area is 213 Å². The Hall–Kier alpha value is -0.420. The summed E-state index contributed by atoms with van der Waals surface area (Å²) in [4.78, 5) is 0. The molecule has 0 amide bonds. The third kappa shape index (κ3) is 3.25. The van der Waals surface area contributed by atoms with Crippen LogP contribution in [0.5, 0.6) is 0 Å². The van der Waals surface area contributed by atoms with E-state index in [0.717, 1.165) is 37.9 Å². The third-order valence-corrected chi connectivity index (χ3v) is 13.9. The quantitative estimate of drug-likeness (QED) is 0.441. The summed E-state index contributed by atoms with van der Waals surface area (Å²) < 4.78 is 5.88. The Morgan fingerprint density at radius 3 is 2.26 bits per heavy atom. The van der Waals surface area contributed by atoms with Gasteiger partial charge in [-0.2, -0.15) is 0 Å². The predicted octanol–water partition coefficient (Wildman–Crippen LogP) is 5.60. The molecule has 0 aromatic heterocycles. The van der Waals surface area contributed by atoms with Crippen LogP contribution in [0.1, 0.15) is 91.9 Å². The second-order valence-electron chi connectivity index (χ2n) is 14.7. The van der Waals surface area contributed by atoms with Crippen molar-refractivity contribution in [1.82, 2.24) is 0 Å². The summed E-state index contributed by atoms with van der Waals surface area (Å²) in [5, 5.41) is 31.5. The molecule has 5 aliphatic carbocycles. The van der Waals surface area contributed by atoms with E-state index in [1.165, 1.54) is 38.5 Å². The average Bonchev–Trinajstić information content (AvgIpc) is 3.21. The number of methoxy groups -OCH3 is 1. The monoisotopic (exact) mass is 488 g/mol. The van der Waals surface area contributed by atoms with E-state index in [1.807, 2.05) is 7.11 Å².